The summed E-state index contributed by atoms with van der Waals surface area (Å²) in [7, 11) is 0. The number of phenols is 1. The van der Waals surface area contributed by atoms with Crippen LogP contribution in [0.25, 0.3) is 0 Å². The van der Waals surface area contributed by atoms with Gasteiger partial charge in [-0.05, 0) is 47.1 Å². The van der Waals surface area contributed by atoms with Crippen LogP contribution >= 0.6 is 0 Å². The summed E-state index contributed by atoms with van der Waals surface area (Å²) in [5, 5.41) is 15.9. The average Bonchev–Trinajstić information content (AvgIpc) is 2.76. The molecule has 2 atom stereocenters. The Morgan fingerprint density at radius 2 is 1.65 bits per heavy atom. The van der Waals surface area contributed by atoms with Gasteiger partial charge < -0.3 is 31.1 Å². The fraction of sp³-hybridized carbons (Fsp3) is 0.630. The Hall–Kier alpha value is -3.30. The molecule has 1 rings (SSSR count). The van der Waals surface area contributed by atoms with Gasteiger partial charge in [0, 0.05) is 18.2 Å². The molecule has 0 saturated heterocycles. The molecule has 4 amide bonds. The monoisotopic (exact) mass is 520 g/mol. The molecule has 10 heteroatoms. The minimum absolute atomic E-state index is 0.151. The van der Waals surface area contributed by atoms with Crippen LogP contribution in [0.4, 0.5) is 4.79 Å². The highest BCUT2D eigenvalue weighted by molar-refractivity contribution is 5.94. The fourth-order valence-corrected chi connectivity index (χ4v) is 3.84. The predicted molar refractivity (Wildman–Crippen MR) is 142 cm³/mol. The van der Waals surface area contributed by atoms with E-state index in [1.165, 1.54) is 11.0 Å². The smallest absolute Gasteiger partial charge is 0.408 e. The molecule has 0 saturated carbocycles. The predicted octanol–water partition coefficient (Wildman–Crippen LogP) is 3.53. The quantitative estimate of drug-likeness (QED) is 0.276. The zero-order chi connectivity index (χ0) is 28.2. The molecular weight excluding hydrogens is 476 g/mol. The number of carbonyl (C=O) groups is 4. The van der Waals surface area contributed by atoms with Gasteiger partial charge in [0.25, 0.3) is 0 Å². The summed E-state index contributed by atoms with van der Waals surface area (Å²) in [6, 6.07) is 3.50. The largest absolute Gasteiger partial charge is 0.508 e. The maximum absolute atomic E-state index is 13.9. The topological polar surface area (TPSA) is 151 Å². The van der Waals surface area contributed by atoms with Gasteiger partial charge in [-0.1, -0.05) is 50.8 Å². The highest BCUT2D eigenvalue weighted by atomic mass is 16.6. The highest BCUT2D eigenvalue weighted by Crippen LogP contribution is 2.30. The summed E-state index contributed by atoms with van der Waals surface area (Å²) in [5.41, 5.74) is 4.80. The van der Waals surface area contributed by atoms with Crippen molar-refractivity contribution in [3.63, 3.8) is 0 Å². The van der Waals surface area contributed by atoms with Crippen molar-refractivity contribution in [3.8, 4) is 5.75 Å². The maximum Gasteiger partial charge on any atom is 0.408 e. The number of ether oxygens (including phenoxy) is 1. The average molecular weight is 521 g/mol. The van der Waals surface area contributed by atoms with Crippen LogP contribution in [0, 0.1) is 0 Å². The standard InChI is InChI=1S/C27H44N4O6/c1-7-8-9-10-13-16-31(23(24(34)29-18(2)3)19-14-11-12-15-21(19)32)25(35)20(17-22(28)33)30-26(36)37-27(4,5)6/h11-12,14-15,18,20,23,32H,7-10,13,16-17H2,1-6H3,(H2,28,33)(H,29,34)(H,30,36). The number of nitrogens with two attached hydrogens (primary N) is 1. The van der Waals surface area contributed by atoms with E-state index in [9.17, 15) is 24.3 Å². The first kappa shape index (κ1) is 31.7. The minimum Gasteiger partial charge on any atom is -0.508 e. The lowest BCUT2D eigenvalue weighted by molar-refractivity contribution is -0.143. The van der Waals surface area contributed by atoms with E-state index >= 15 is 0 Å². The van der Waals surface area contributed by atoms with Crippen LogP contribution in [0.5, 0.6) is 5.75 Å². The first-order valence-corrected chi connectivity index (χ1v) is 12.9. The number of rotatable bonds is 14. The summed E-state index contributed by atoms with van der Waals surface area (Å²) in [4.78, 5) is 53.0. The Kier molecular flexibility index (Phi) is 12.9. The summed E-state index contributed by atoms with van der Waals surface area (Å²) in [5.74, 6) is -2.12. The Morgan fingerprint density at radius 3 is 2.19 bits per heavy atom. The number of nitrogens with zero attached hydrogens (tertiary/aromatic N) is 1. The molecule has 1 aromatic rings. The van der Waals surface area contributed by atoms with Crippen LogP contribution < -0.4 is 16.4 Å². The number of amides is 4. The van der Waals surface area contributed by atoms with Gasteiger partial charge in [-0.2, -0.15) is 0 Å². The van der Waals surface area contributed by atoms with Gasteiger partial charge >= 0.3 is 6.09 Å². The highest BCUT2D eigenvalue weighted by Gasteiger charge is 2.37. The number of alkyl carbamates (subject to hydrolysis) is 1. The van der Waals surface area contributed by atoms with Crippen molar-refractivity contribution in [2.75, 3.05) is 6.54 Å². The SMILES string of the molecule is CCCCCCCN(C(=O)C(CC(N)=O)NC(=O)OC(C)(C)C)C(C(=O)NC(C)C)c1ccccc1O. The molecule has 10 nitrogen and oxygen atoms in total. The van der Waals surface area contributed by atoms with Crippen LogP contribution in [0.3, 0.4) is 0 Å². The van der Waals surface area contributed by atoms with Crippen LogP contribution in [-0.4, -0.2) is 58.1 Å². The van der Waals surface area contributed by atoms with Crippen molar-refractivity contribution >= 4 is 23.8 Å². The lowest BCUT2D eigenvalue weighted by atomic mass is 10.00. The van der Waals surface area contributed by atoms with Gasteiger partial charge in [0.1, 0.15) is 23.4 Å². The third-order valence-corrected chi connectivity index (χ3v) is 5.40. The number of primary amides is 1. The Balaban J connectivity index is 3.47. The second-order valence-corrected chi connectivity index (χ2v) is 10.4. The molecule has 1 aromatic carbocycles. The number of benzene rings is 1. The molecule has 0 aromatic heterocycles. The van der Waals surface area contributed by atoms with Gasteiger partial charge in [0.2, 0.25) is 17.7 Å². The summed E-state index contributed by atoms with van der Waals surface area (Å²) in [6.07, 6.45) is 3.07. The maximum atomic E-state index is 13.9. The van der Waals surface area contributed by atoms with E-state index in [0.717, 1.165) is 25.7 Å². The van der Waals surface area contributed by atoms with Crippen molar-refractivity contribution in [1.29, 1.82) is 0 Å². The van der Waals surface area contributed by atoms with Crippen LogP contribution in [0.1, 0.15) is 91.7 Å². The molecule has 2 unspecified atom stereocenters. The van der Waals surface area contributed by atoms with E-state index in [-0.39, 0.29) is 23.9 Å². The first-order valence-electron chi connectivity index (χ1n) is 12.9. The van der Waals surface area contributed by atoms with Gasteiger partial charge in [-0.3, -0.25) is 14.4 Å². The molecule has 0 aliphatic rings. The Bertz CT molecular complexity index is 912. The molecule has 0 heterocycles. The Labute approximate surface area is 220 Å². The van der Waals surface area contributed by atoms with E-state index in [4.69, 9.17) is 10.5 Å². The van der Waals surface area contributed by atoms with Crippen molar-refractivity contribution in [3.05, 3.63) is 29.8 Å². The second-order valence-electron chi connectivity index (χ2n) is 10.4. The van der Waals surface area contributed by atoms with E-state index in [1.54, 1.807) is 52.8 Å². The van der Waals surface area contributed by atoms with Gasteiger partial charge in [0.15, 0.2) is 0 Å². The van der Waals surface area contributed by atoms with E-state index in [1.807, 2.05) is 0 Å². The molecule has 208 valence electrons. The zero-order valence-corrected chi connectivity index (χ0v) is 23.0. The van der Waals surface area contributed by atoms with E-state index in [0.29, 0.717) is 6.42 Å². The number of aromatic hydroxyl groups is 1. The van der Waals surface area contributed by atoms with E-state index < -0.39 is 47.9 Å². The normalized spacial score (nSPS) is 12.9. The molecule has 37 heavy (non-hydrogen) atoms. The van der Waals surface area contributed by atoms with Crippen molar-refractivity contribution < 1.29 is 29.0 Å². The fourth-order valence-electron chi connectivity index (χ4n) is 3.84. The first-order chi connectivity index (χ1) is 17.3. The third kappa shape index (κ3) is 11.5. The van der Waals surface area contributed by atoms with Crippen molar-refractivity contribution in [2.45, 2.75) is 104 Å². The summed E-state index contributed by atoms with van der Waals surface area (Å²) in [6.45, 7) is 10.8. The Morgan fingerprint density at radius 1 is 1.03 bits per heavy atom. The zero-order valence-electron chi connectivity index (χ0n) is 23.0. The van der Waals surface area contributed by atoms with E-state index in [2.05, 4.69) is 17.6 Å². The number of para-hydroxylation sites is 1. The lowest BCUT2D eigenvalue weighted by Crippen LogP contribution is -2.54. The number of hydrogen-bond donors (Lipinski definition) is 4. The lowest BCUT2D eigenvalue weighted by Gasteiger charge is -2.35. The van der Waals surface area contributed by atoms with Crippen molar-refractivity contribution in [2.24, 2.45) is 5.73 Å². The van der Waals surface area contributed by atoms with Gasteiger partial charge in [-0.15, -0.1) is 0 Å². The number of unbranched alkanes of at least 4 members (excludes halogenated alkanes) is 4. The number of nitrogens with one attached hydrogen (secondary N) is 2. The molecular formula is C27H44N4O6. The molecule has 0 spiro atoms. The molecule has 0 aliphatic heterocycles. The van der Waals surface area contributed by atoms with Crippen LogP contribution in [0.15, 0.2) is 24.3 Å². The minimum atomic E-state index is -1.36. The third-order valence-electron chi connectivity index (χ3n) is 5.40. The number of phenolic OH excluding ortho intramolecular Hbond substituents is 1. The molecule has 0 aliphatic carbocycles. The second kappa shape index (κ2) is 15.1. The summed E-state index contributed by atoms with van der Waals surface area (Å²) >= 11 is 0. The number of hydrogen-bond acceptors (Lipinski definition) is 6. The van der Waals surface area contributed by atoms with Crippen LogP contribution in [0.2, 0.25) is 0 Å². The van der Waals surface area contributed by atoms with Gasteiger partial charge in [0.05, 0.1) is 6.42 Å². The summed E-state index contributed by atoms with van der Waals surface area (Å²) < 4.78 is 5.28. The molecule has 5 N–H and O–H groups in total. The van der Waals surface area contributed by atoms with Crippen LogP contribution in [-0.2, 0) is 19.1 Å². The molecule has 0 bridgehead atoms. The van der Waals surface area contributed by atoms with Gasteiger partial charge in [-0.25, -0.2) is 4.79 Å². The van der Waals surface area contributed by atoms with Crippen molar-refractivity contribution in [1.82, 2.24) is 15.5 Å². The molecule has 0 radical (unpaired) electrons. The number of carbonyl (C=O) groups excluding carboxylic acids is 4. The molecule has 0 fully saturated rings.